The van der Waals surface area contributed by atoms with Gasteiger partial charge in [0.25, 0.3) is 0 Å². The molecule has 0 aromatic heterocycles. The molecule has 0 bridgehead atoms. The van der Waals surface area contributed by atoms with Crippen LogP contribution in [0.2, 0.25) is 5.02 Å². The molecule has 0 unspecified atom stereocenters. The van der Waals surface area contributed by atoms with Crippen LogP contribution in [0.15, 0.2) is 18.2 Å². The molecule has 0 atom stereocenters. The quantitative estimate of drug-likeness (QED) is 0.839. The lowest BCUT2D eigenvalue weighted by molar-refractivity contribution is -0.136. The van der Waals surface area contributed by atoms with Gasteiger partial charge in [-0.15, -0.1) is 0 Å². The van der Waals surface area contributed by atoms with Crippen molar-refractivity contribution in [2.24, 2.45) is 5.41 Å². The van der Waals surface area contributed by atoms with Crippen molar-refractivity contribution in [3.8, 4) is 5.75 Å². The molecule has 1 saturated heterocycles. The lowest BCUT2D eigenvalue weighted by Gasteiger charge is -2.35. The van der Waals surface area contributed by atoms with Crippen LogP contribution < -0.4 is 15.4 Å². The van der Waals surface area contributed by atoms with Crippen molar-refractivity contribution >= 4 is 17.5 Å². The van der Waals surface area contributed by atoms with Crippen molar-refractivity contribution < 1.29 is 14.3 Å². The first-order valence-electron chi connectivity index (χ1n) is 7.42. The van der Waals surface area contributed by atoms with Gasteiger partial charge in [-0.25, -0.2) is 0 Å². The van der Waals surface area contributed by atoms with Gasteiger partial charge in [0.05, 0.1) is 24.2 Å². The van der Waals surface area contributed by atoms with Crippen molar-refractivity contribution in [1.82, 2.24) is 10.6 Å². The number of methoxy groups -OCH3 is 2. The second-order valence-corrected chi connectivity index (χ2v) is 6.02. The van der Waals surface area contributed by atoms with E-state index in [0.717, 1.165) is 31.5 Å². The fourth-order valence-electron chi connectivity index (χ4n) is 2.81. The molecule has 1 aromatic rings. The predicted molar refractivity (Wildman–Crippen MR) is 86.3 cm³/mol. The van der Waals surface area contributed by atoms with Crippen LogP contribution in [-0.4, -0.2) is 39.8 Å². The average molecular weight is 327 g/mol. The first-order chi connectivity index (χ1) is 10.6. The third-order valence-corrected chi connectivity index (χ3v) is 4.43. The van der Waals surface area contributed by atoms with Crippen molar-refractivity contribution in [2.75, 3.05) is 33.9 Å². The Balaban J connectivity index is 2.00. The lowest BCUT2D eigenvalue weighted by Crippen LogP contribution is -2.49. The number of halogens is 1. The summed E-state index contributed by atoms with van der Waals surface area (Å²) < 4.78 is 10.4. The third kappa shape index (κ3) is 3.91. The van der Waals surface area contributed by atoms with Crippen LogP contribution in [0.4, 0.5) is 0 Å². The van der Waals surface area contributed by atoms with Crippen molar-refractivity contribution in [3.05, 3.63) is 28.8 Å². The molecule has 0 spiro atoms. The molecule has 1 aliphatic heterocycles. The zero-order valence-electron chi connectivity index (χ0n) is 13.1. The number of piperidine rings is 1. The van der Waals surface area contributed by atoms with Gasteiger partial charge in [0.2, 0.25) is 5.91 Å². The molecule has 5 nitrogen and oxygen atoms in total. The van der Waals surface area contributed by atoms with Gasteiger partial charge >= 0.3 is 0 Å². The normalized spacial score (nSPS) is 17.0. The number of benzene rings is 1. The molecule has 1 heterocycles. The van der Waals surface area contributed by atoms with E-state index in [4.69, 9.17) is 21.1 Å². The van der Waals surface area contributed by atoms with E-state index in [0.29, 0.717) is 23.9 Å². The highest BCUT2D eigenvalue weighted by atomic mass is 35.5. The molecule has 0 saturated carbocycles. The van der Waals surface area contributed by atoms with E-state index >= 15 is 0 Å². The number of hydrogen-bond acceptors (Lipinski definition) is 4. The summed E-state index contributed by atoms with van der Waals surface area (Å²) in [5, 5.41) is 6.84. The van der Waals surface area contributed by atoms with Crippen LogP contribution in [0.3, 0.4) is 0 Å². The topological polar surface area (TPSA) is 59.6 Å². The molecule has 1 aromatic carbocycles. The van der Waals surface area contributed by atoms with E-state index < -0.39 is 5.41 Å². The number of rotatable bonds is 6. The first kappa shape index (κ1) is 17.1. The number of amides is 1. The van der Waals surface area contributed by atoms with Crippen molar-refractivity contribution in [3.63, 3.8) is 0 Å². The maximum absolute atomic E-state index is 12.6. The van der Waals surface area contributed by atoms with Gasteiger partial charge in [0.1, 0.15) is 5.75 Å². The van der Waals surface area contributed by atoms with E-state index in [2.05, 4.69) is 10.6 Å². The summed E-state index contributed by atoms with van der Waals surface area (Å²) in [6, 6.07) is 5.52. The number of ether oxygens (including phenoxy) is 2. The number of hydrogen-bond donors (Lipinski definition) is 2. The summed E-state index contributed by atoms with van der Waals surface area (Å²) in [6.45, 7) is 2.57. The van der Waals surface area contributed by atoms with Gasteiger partial charge in [0.15, 0.2) is 0 Å². The summed E-state index contributed by atoms with van der Waals surface area (Å²) in [6.07, 6.45) is 1.58. The Morgan fingerprint density at radius 1 is 1.36 bits per heavy atom. The van der Waals surface area contributed by atoms with Gasteiger partial charge < -0.3 is 20.1 Å². The first-order valence-corrected chi connectivity index (χ1v) is 7.79. The molecule has 0 radical (unpaired) electrons. The SMILES string of the molecule is COCC1(C(=O)NCc2ccc(OC)c(Cl)c2)CCNCC1. The van der Waals surface area contributed by atoms with E-state index in [-0.39, 0.29) is 5.91 Å². The van der Waals surface area contributed by atoms with Crippen molar-refractivity contribution in [1.29, 1.82) is 0 Å². The number of nitrogens with one attached hydrogen (secondary N) is 2. The Morgan fingerprint density at radius 3 is 2.68 bits per heavy atom. The largest absolute Gasteiger partial charge is 0.495 e. The highest BCUT2D eigenvalue weighted by Crippen LogP contribution is 2.30. The average Bonchev–Trinajstić information content (AvgIpc) is 2.54. The van der Waals surface area contributed by atoms with Gasteiger partial charge in [-0.2, -0.15) is 0 Å². The molecule has 2 N–H and O–H groups in total. The van der Waals surface area contributed by atoms with Crippen LogP contribution in [0.5, 0.6) is 5.75 Å². The second-order valence-electron chi connectivity index (χ2n) is 5.61. The van der Waals surface area contributed by atoms with E-state index in [1.54, 1.807) is 20.3 Å². The highest BCUT2D eigenvalue weighted by molar-refractivity contribution is 6.32. The molecular formula is C16H23ClN2O3. The van der Waals surface area contributed by atoms with Gasteiger partial charge in [-0.1, -0.05) is 17.7 Å². The smallest absolute Gasteiger partial charge is 0.228 e. The summed E-state index contributed by atoms with van der Waals surface area (Å²) >= 11 is 6.10. The van der Waals surface area contributed by atoms with Gasteiger partial charge in [0, 0.05) is 13.7 Å². The monoisotopic (exact) mass is 326 g/mol. The minimum Gasteiger partial charge on any atom is -0.495 e. The summed E-state index contributed by atoms with van der Waals surface area (Å²) in [5.74, 6) is 0.675. The maximum atomic E-state index is 12.6. The Labute approximate surface area is 136 Å². The van der Waals surface area contributed by atoms with Crippen LogP contribution in [0, 0.1) is 5.41 Å². The van der Waals surface area contributed by atoms with E-state index in [1.807, 2.05) is 12.1 Å². The van der Waals surface area contributed by atoms with Crippen LogP contribution in [-0.2, 0) is 16.1 Å². The minimum atomic E-state index is -0.434. The van der Waals surface area contributed by atoms with Gasteiger partial charge in [-0.05, 0) is 43.6 Å². The van der Waals surface area contributed by atoms with Crippen molar-refractivity contribution in [2.45, 2.75) is 19.4 Å². The molecule has 22 heavy (non-hydrogen) atoms. The highest BCUT2D eigenvalue weighted by Gasteiger charge is 2.39. The summed E-state index contributed by atoms with van der Waals surface area (Å²) in [5.41, 5.74) is 0.511. The predicted octanol–water partition coefficient (Wildman–Crippen LogP) is 1.98. The van der Waals surface area contributed by atoms with Gasteiger partial charge in [-0.3, -0.25) is 4.79 Å². The Bertz CT molecular complexity index is 511. The zero-order valence-corrected chi connectivity index (χ0v) is 13.8. The van der Waals surface area contributed by atoms with E-state index in [9.17, 15) is 4.79 Å². The van der Waals surface area contributed by atoms with Crippen LogP contribution >= 0.6 is 11.6 Å². The molecule has 122 valence electrons. The lowest BCUT2D eigenvalue weighted by atomic mass is 9.78. The fraction of sp³-hybridized carbons (Fsp3) is 0.562. The second kappa shape index (κ2) is 7.81. The fourth-order valence-corrected chi connectivity index (χ4v) is 3.09. The minimum absolute atomic E-state index is 0.0443. The van der Waals surface area contributed by atoms with Crippen LogP contribution in [0.25, 0.3) is 0 Å². The Hall–Kier alpha value is -1.30. The molecule has 0 aliphatic carbocycles. The Kier molecular flexibility index (Phi) is 6.06. The van der Waals surface area contributed by atoms with E-state index in [1.165, 1.54) is 0 Å². The molecule has 2 rings (SSSR count). The molecule has 1 aliphatic rings. The third-order valence-electron chi connectivity index (χ3n) is 4.13. The number of carbonyl (C=O) groups excluding carboxylic acids is 1. The zero-order chi connectivity index (χ0) is 16.0. The summed E-state index contributed by atoms with van der Waals surface area (Å²) in [7, 11) is 3.22. The molecule has 1 fully saturated rings. The maximum Gasteiger partial charge on any atom is 0.228 e. The number of carbonyl (C=O) groups is 1. The standard InChI is InChI=1S/C16H23ClN2O3/c1-21-11-16(5-7-18-8-6-16)15(20)19-10-12-3-4-14(22-2)13(17)9-12/h3-4,9,18H,5-8,10-11H2,1-2H3,(H,19,20). The molecule has 6 heteroatoms. The molecule has 1 amide bonds. The van der Waals surface area contributed by atoms with Crippen LogP contribution in [0.1, 0.15) is 18.4 Å². The Morgan fingerprint density at radius 2 is 2.09 bits per heavy atom. The summed E-state index contributed by atoms with van der Waals surface area (Å²) in [4.78, 5) is 12.6. The molecular weight excluding hydrogens is 304 g/mol.